The lowest BCUT2D eigenvalue weighted by Crippen LogP contribution is -2.54. The predicted octanol–water partition coefficient (Wildman–Crippen LogP) is 1.03. The van der Waals surface area contributed by atoms with Gasteiger partial charge < -0.3 is 16.2 Å². The summed E-state index contributed by atoms with van der Waals surface area (Å²) < 4.78 is 0. The number of aliphatic hydroxyl groups is 1. The van der Waals surface area contributed by atoms with E-state index in [2.05, 4.69) is 5.32 Å². The maximum absolute atomic E-state index is 12.1. The number of nitrogens with two attached hydrogens (primary N) is 1. The van der Waals surface area contributed by atoms with E-state index in [4.69, 9.17) is 5.73 Å². The number of carbonyl (C=O) groups is 1. The molecule has 104 valence electrons. The van der Waals surface area contributed by atoms with Gasteiger partial charge in [0.2, 0.25) is 5.91 Å². The lowest BCUT2D eigenvalue weighted by molar-refractivity contribution is -0.126. The van der Waals surface area contributed by atoms with Crippen LogP contribution in [0.25, 0.3) is 0 Å². The van der Waals surface area contributed by atoms with Gasteiger partial charge in [-0.05, 0) is 50.4 Å². The first kappa shape index (κ1) is 13.8. The van der Waals surface area contributed by atoms with Gasteiger partial charge in [0.25, 0.3) is 0 Å². The van der Waals surface area contributed by atoms with Crippen LogP contribution in [0.15, 0.2) is 0 Å². The zero-order valence-corrected chi connectivity index (χ0v) is 11.3. The van der Waals surface area contributed by atoms with Gasteiger partial charge in [-0.3, -0.25) is 4.79 Å². The van der Waals surface area contributed by atoms with E-state index in [1.54, 1.807) is 0 Å². The number of hydrogen-bond acceptors (Lipinski definition) is 3. The van der Waals surface area contributed by atoms with Crippen molar-refractivity contribution in [2.75, 3.05) is 13.2 Å². The molecule has 4 nitrogen and oxygen atoms in total. The molecule has 0 aromatic rings. The largest absolute Gasteiger partial charge is 0.396 e. The molecule has 1 amide bonds. The topological polar surface area (TPSA) is 75.4 Å². The number of hydrogen-bond donors (Lipinski definition) is 3. The number of carbonyl (C=O) groups excluding carboxylic acids is 1. The maximum atomic E-state index is 12.1. The fraction of sp³-hybridized carbons (Fsp3) is 0.929. The molecule has 0 heterocycles. The lowest BCUT2D eigenvalue weighted by atomic mass is 9.79. The van der Waals surface area contributed by atoms with Crippen molar-refractivity contribution in [3.05, 3.63) is 0 Å². The molecule has 2 rings (SSSR count). The average molecular weight is 254 g/mol. The van der Waals surface area contributed by atoms with E-state index in [0.29, 0.717) is 24.3 Å². The highest BCUT2D eigenvalue weighted by Gasteiger charge is 2.44. The van der Waals surface area contributed by atoms with Crippen LogP contribution in [0.4, 0.5) is 0 Å². The van der Waals surface area contributed by atoms with Crippen LogP contribution in [0.1, 0.15) is 45.4 Å². The molecule has 0 spiro atoms. The van der Waals surface area contributed by atoms with Crippen LogP contribution in [0.5, 0.6) is 0 Å². The average Bonchev–Trinajstić information content (AvgIpc) is 3.20. The second kappa shape index (κ2) is 5.57. The molecule has 3 atom stereocenters. The highest BCUT2D eigenvalue weighted by Crippen LogP contribution is 2.38. The van der Waals surface area contributed by atoms with Gasteiger partial charge in [-0.25, -0.2) is 0 Å². The monoisotopic (exact) mass is 254 g/mol. The molecule has 0 aromatic heterocycles. The van der Waals surface area contributed by atoms with Crippen molar-refractivity contribution in [1.82, 2.24) is 5.32 Å². The highest BCUT2D eigenvalue weighted by atomic mass is 16.3. The summed E-state index contributed by atoms with van der Waals surface area (Å²) >= 11 is 0. The van der Waals surface area contributed by atoms with Gasteiger partial charge in [-0.2, -0.15) is 0 Å². The third-order valence-corrected chi connectivity index (χ3v) is 4.74. The molecule has 2 fully saturated rings. The van der Waals surface area contributed by atoms with Gasteiger partial charge in [0.15, 0.2) is 0 Å². The number of amides is 1. The Balaban J connectivity index is 1.81. The minimum Gasteiger partial charge on any atom is -0.396 e. The second-order valence-corrected chi connectivity index (χ2v) is 6.25. The third-order valence-electron chi connectivity index (χ3n) is 4.74. The van der Waals surface area contributed by atoms with Crippen LogP contribution in [-0.4, -0.2) is 29.7 Å². The molecule has 0 aliphatic heterocycles. The molecule has 3 unspecified atom stereocenters. The smallest absolute Gasteiger partial charge is 0.240 e. The summed E-state index contributed by atoms with van der Waals surface area (Å²) in [6.45, 7) is 2.75. The van der Waals surface area contributed by atoms with E-state index in [1.165, 1.54) is 12.8 Å². The Morgan fingerprint density at radius 1 is 1.28 bits per heavy atom. The first-order chi connectivity index (χ1) is 8.55. The second-order valence-electron chi connectivity index (χ2n) is 6.25. The molecule has 0 bridgehead atoms. The van der Waals surface area contributed by atoms with Crippen molar-refractivity contribution in [2.45, 2.75) is 51.0 Å². The quantitative estimate of drug-likeness (QED) is 0.686. The maximum Gasteiger partial charge on any atom is 0.240 e. The Morgan fingerprint density at radius 2 is 1.89 bits per heavy atom. The summed E-state index contributed by atoms with van der Waals surface area (Å²) in [5.74, 6) is 1.11. The van der Waals surface area contributed by atoms with Gasteiger partial charge in [0, 0.05) is 13.2 Å². The van der Waals surface area contributed by atoms with Gasteiger partial charge in [-0.15, -0.1) is 0 Å². The Hall–Kier alpha value is -0.610. The van der Waals surface area contributed by atoms with Crippen LogP contribution >= 0.6 is 0 Å². The molecule has 0 aromatic carbocycles. The summed E-state index contributed by atoms with van der Waals surface area (Å²) in [7, 11) is 0. The summed E-state index contributed by atoms with van der Waals surface area (Å²) in [4.78, 5) is 12.1. The molecular weight excluding hydrogens is 228 g/mol. The van der Waals surface area contributed by atoms with Crippen molar-refractivity contribution < 1.29 is 9.90 Å². The van der Waals surface area contributed by atoms with Crippen LogP contribution < -0.4 is 11.1 Å². The fourth-order valence-electron chi connectivity index (χ4n) is 3.08. The van der Waals surface area contributed by atoms with Gasteiger partial charge in [-0.1, -0.05) is 12.8 Å². The minimum atomic E-state index is -0.705. The molecular formula is C14H26N2O2. The molecule has 0 saturated heterocycles. The fourth-order valence-corrected chi connectivity index (χ4v) is 3.08. The molecule has 2 aliphatic rings. The van der Waals surface area contributed by atoms with Crippen molar-refractivity contribution in [3.8, 4) is 0 Å². The number of nitrogens with one attached hydrogen (secondary N) is 1. The normalized spacial score (nSPS) is 31.7. The number of aliphatic hydroxyl groups excluding tert-OH is 1. The molecule has 4 N–H and O–H groups in total. The van der Waals surface area contributed by atoms with E-state index in [1.807, 2.05) is 6.92 Å². The van der Waals surface area contributed by atoms with E-state index in [0.717, 1.165) is 25.7 Å². The van der Waals surface area contributed by atoms with E-state index < -0.39 is 5.54 Å². The minimum absolute atomic E-state index is 0.0211. The first-order valence-electron chi connectivity index (χ1n) is 7.23. The van der Waals surface area contributed by atoms with Crippen LogP contribution in [0.3, 0.4) is 0 Å². The van der Waals surface area contributed by atoms with Crippen LogP contribution in [-0.2, 0) is 4.79 Å². The SMILES string of the molecule is CC(N)(C(=O)NCC1CCCCC1CO)C1CC1. The van der Waals surface area contributed by atoms with E-state index in [-0.39, 0.29) is 12.5 Å². The van der Waals surface area contributed by atoms with Gasteiger partial charge in [0.1, 0.15) is 0 Å². The number of rotatable bonds is 5. The molecule has 4 heteroatoms. The van der Waals surface area contributed by atoms with Crippen LogP contribution in [0, 0.1) is 17.8 Å². The molecule has 2 aliphatic carbocycles. The molecule has 0 radical (unpaired) electrons. The van der Waals surface area contributed by atoms with Gasteiger partial charge in [0.05, 0.1) is 5.54 Å². The Bertz CT molecular complexity index is 300. The van der Waals surface area contributed by atoms with E-state index >= 15 is 0 Å². The summed E-state index contributed by atoms with van der Waals surface area (Å²) in [5, 5.41) is 12.4. The Labute approximate surface area is 109 Å². The van der Waals surface area contributed by atoms with Crippen molar-refractivity contribution >= 4 is 5.91 Å². The molecule has 2 saturated carbocycles. The van der Waals surface area contributed by atoms with E-state index in [9.17, 15) is 9.90 Å². The lowest BCUT2D eigenvalue weighted by Gasteiger charge is -2.31. The van der Waals surface area contributed by atoms with Crippen molar-refractivity contribution in [3.63, 3.8) is 0 Å². The zero-order valence-electron chi connectivity index (χ0n) is 11.3. The predicted molar refractivity (Wildman–Crippen MR) is 70.9 cm³/mol. The standard InChI is InChI=1S/C14H26N2O2/c1-14(15,12-6-7-12)13(18)16-8-10-4-2-3-5-11(10)9-17/h10-12,17H,2-9,15H2,1H3,(H,16,18). The van der Waals surface area contributed by atoms with Crippen molar-refractivity contribution in [1.29, 1.82) is 0 Å². The summed E-state index contributed by atoms with van der Waals surface area (Å²) in [6.07, 6.45) is 6.74. The molecule has 18 heavy (non-hydrogen) atoms. The Kier molecular flexibility index (Phi) is 4.28. The highest BCUT2D eigenvalue weighted by molar-refractivity contribution is 5.86. The zero-order chi connectivity index (χ0) is 13.2. The van der Waals surface area contributed by atoms with Gasteiger partial charge >= 0.3 is 0 Å². The first-order valence-corrected chi connectivity index (χ1v) is 7.23. The van der Waals surface area contributed by atoms with Crippen LogP contribution in [0.2, 0.25) is 0 Å². The summed E-state index contributed by atoms with van der Waals surface area (Å²) in [5.41, 5.74) is 5.38. The van der Waals surface area contributed by atoms with Crippen molar-refractivity contribution in [2.24, 2.45) is 23.5 Å². The summed E-state index contributed by atoms with van der Waals surface area (Å²) in [6, 6.07) is 0. The third kappa shape index (κ3) is 3.04. The Morgan fingerprint density at radius 3 is 2.44 bits per heavy atom.